The van der Waals surface area contributed by atoms with Gasteiger partial charge in [0, 0.05) is 18.3 Å². The van der Waals surface area contributed by atoms with E-state index in [0.717, 1.165) is 17.7 Å². The first-order chi connectivity index (χ1) is 9.81. The summed E-state index contributed by atoms with van der Waals surface area (Å²) in [7, 11) is 1.60. The van der Waals surface area contributed by atoms with Gasteiger partial charge in [0.1, 0.15) is 5.60 Å². The Kier molecular flexibility index (Phi) is 6.21. The molecule has 0 atom stereocenters. The highest BCUT2D eigenvalue weighted by atomic mass is 16.6. The quantitative estimate of drug-likeness (QED) is 0.846. The van der Waals surface area contributed by atoms with Crippen LogP contribution in [0.15, 0.2) is 18.2 Å². The van der Waals surface area contributed by atoms with Crippen LogP contribution in [-0.4, -0.2) is 30.3 Å². The van der Waals surface area contributed by atoms with Crippen LogP contribution < -0.4 is 10.1 Å². The first kappa shape index (κ1) is 17.0. The van der Waals surface area contributed by atoms with Gasteiger partial charge in [0.05, 0.1) is 7.11 Å². The molecule has 21 heavy (non-hydrogen) atoms. The molecule has 0 aliphatic rings. The number of nitrogens with one attached hydrogen (secondary N) is 1. The lowest BCUT2D eigenvalue weighted by Crippen LogP contribution is -2.32. The van der Waals surface area contributed by atoms with E-state index < -0.39 is 11.7 Å². The van der Waals surface area contributed by atoms with Crippen LogP contribution in [0.4, 0.5) is 4.79 Å². The van der Waals surface area contributed by atoms with E-state index >= 15 is 0 Å². The molecule has 0 unspecified atom stereocenters. The zero-order valence-corrected chi connectivity index (χ0v) is 13.4. The average molecular weight is 292 g/mol. The van der Waals surface area contributed by atoms with Crippen molar-refractivity contribution in [2.75, 3.05) is 13.7 Å². The second kappa shape index (κ2) is 7.67. The van der Waals surface area contributed by atoms with Crippen LogP contribution in [0, 0.1) is 6.92 Å². The summed E-state index contributed by atoms with van der Waals surface area (Å²) >= 11 is 0. The number of carbonyl (C=O) groups excluding carboxylic acids is 1. The fraction of sp³-hybridized carbons (Fsp3) is 0.500. The van der Waals surface area contributed by atoms with Gasteiger partial charge in [-0.3, -0.25) is 0 Å². The third kappa shape index (κ3) is 6.79. The Morgan fingerprint density at radius 2 is 2.10 bits per heavy atom. The Balaban J connectivity index is 2.37. The highest BCUT2D eigenvalue weighted by Gasteiger charge is 2.15. The van der Waals surface area contributed by atoms with Crippen molar-refractivity contribution in [2.24, 2.45) is 0 Å². The zero-order chi connectivity index (χ0) is 15.9. The molecule has 1 amide bonds. The molecule has 1 heterocycles. The molecule has 0 aromatic carbocycles. The topological polar surface area (TPSA) is 60.5 Å². The maximum absolute atomic E-state index is 11.4. The summed E-state index contributed by atoms with van der Waals surface area (Å²) in [4.78, 5) is 15.7. The molecule has 116 valence electrons. The van der Waals surface area contributed by atoms with Crippen LogP contribution in [0.2, 0.25) is 0 Å². The number of hydrogen-bond acceptors (Lipinski definition) is 4. The predicted molar refractivity (Wildman–Crippen MR) is 83.4 cm³/mol. The third-order valence-electron chi connectivity index (χ3n) is 2.59. The number of methoxy groups -OCH3 is 1. The number of pyridine rings is 1. The number of aromatic nitrogens is 1. The van der Waals surface area contributed by atoms with Gasteiger partial charge >= 0.3 is 6.09 Å². The molecule has 0 radical (unpaired) electrons. The van der Waals surface area contributed by atoms with Crippen LogP contribution in [0.1, 0.15) is 38.4 Å². The Bertz CT molecular complexity index is 505. The van der Waals surface area contributed by atoms with Crippen molar-refractivity contribution in [3.8, 4) is 5.88 Å². The number of hydrogen-bond donors (Lipinski definition) is 1. The van der Waals surface area contributed by atoms with Crippen molar-refractivity contribution < 1.29 is 14.3 Å². The average Bonchev–Trinajstić information content (AvgIpc) is 2.37. The molecule has 0 saturated carbocycles. The molecular weight excluding hydrogens is 268 g/mol. The number of amides is 1. The Morgan fingerprint density at radius 3 is 2.67 bits per heavy atom. The summed E-state index contributed by atoms with van der Waals surface area (Å²) in [5, 5.41) is 2.71. The minimum atomic E-state index is -0.466. The molecule has 0 bridgehead atoms. The van der Waals surface area contributed by atoms with Gasteiger partial charge in [-0.1, -0.05) is 12.2 Å². The largest absolute Gasteiger partial charge is 0.481 e. The standard InChI is InChI=1S/C16H24N2O3/c1-12-13(9-10-14(18-12)20-5)8-6-7-11-17-15(19)21-16(2,3)4/h6,8-10H,7,11H2,1-5H3,(H,17,19). The van der Waals surface area contributed by atoms with Crippen LogP contribution in [-0.2, 0) is 4.74 Å². The van der Waals surface area contributed by atoms with Gasteiger partial charge < -0.3 is 14.8 Å². The summed E-state index contributed by atoms with van der Waals surface area (Å²) in [6.07, 6.45) is 4.31. The van der Waals surface area contributed by atoms with Crippen molar-refractivity contribution in [2.45, 2.75) is 39.7 Å². The first-order valence-electron chi connectivity index (χ1n) is 6.97. The van der Waals surface area contributed by atoms with E-state index in [4.69, 9.17) is 9.47 Å². The van der Waals surface area contributed by atoms with E-state index in [2.05, 4.69) is 10.3 Å². The zero-order valence-electron chi connectivity index (χ0n) is 13.4. The third-order valence-corrected chi connectivity index (χ3v) is 2.59. The van der Waals surface area contributed by atoms with Crippen molar-refractivity contribution in [1.29, 1.82) is 0 Å². The highest BCUT2D eigenvalue weighted by molar-refractivity contribution is 5.67. The van der Waals surface area contributed by atoms with Crippen molar-refractivity contribution >= 4 is 12.2 Å². The lowest BCUT2D eigenvalue weighted by atomic mass is 10.2. The van der Waals surface area contributed by atoms with E-state index in [0.29, 0.717) is 12.4 Å². The Morgan fingerprint density at radius 1 is 1.38 bits per heavy atom. The SMILES string of the molecule is COc1ccc(C=CCCNC(=O)OC(C)(C)C)c(C)n1. The molecule has 0 spiro atoms. The second-order valence-corrected chi connectivity index (χ2v) is 5.65. The number of aryl methyl sites for hydroxylation is 1. The van der Waals surface area contributed by atoms with Crippen LogP contribution in [0.25, 0.3) is 6.08 Å². The van der Waals surface area contributed by atoms with Crippen molar-refractivity contribution in [3.63, 3.8) is 0 Å². The van der Waals surface area contributed by atoms with Gasteiger partial charge in [0.15, 0.2) is 0 Å². The minimum Gasteiger partial charge on any atom is -0.481 e. The molecule has 5 heteroatoms. The Hall–Kier alpha value is -2.04. The molecule has 0 aliphatic carbocycles. The molecule has 0 saturated heterocycles. The van der Waals surface area contributed by atoms with E-state index in [1.165, 1.54) is 0 Å². The van der Waals surface area contributed by atoms with Gasteiger partial charge in [-0.15, -0.1) is 0 Å². The van der Waals surface area contributed by atoms with Crippen LogP contribution in [0.3, 0.4) is 0 Å². The fourth-order valence-electron chi connectivity index (χ4n) is 1.62. The van der Waals surface area contributed by atoms with E-state index in [1.807, 2.05) is 52.0 Å². The number of carbonyl (C=O) groups is 1. The monoisotopic (exact) mass is 292 g/mol. The van der Waals surface area contributed by atoms with Gasteiger partial charge in [-0.05, 0) is 45.7 Å². The summed E-state index contributed by atoms with van der Waals surface area (Å²) in [6.45, 7) is 7.99. The Labute approximate surface area is 126 Å². The van der Waals surface area contributed by atoms with E-state index in [1.54, 1.807) is 7.11 Å². The van der Waals surface area contributed by atoms with Gasteiger partial charge in [-0.25, -0.2) is 9.78 Å². The lowest BCUT2D eigenvalue weighted by Gasteiger charge is -2.19. The minimum absolute atomic E-state index is 0.391. The number of alkyl carbamates (subject to hydrolysis) is 1. The second-order valence-electron chi connectivity index (χ2n) is 5.65. The maximum Gasteiger partial charge on any atom is 0.407 e. The van der Waals surface area contributed by atoms with Gasteiger partial charge in [-0.2, -0.15) is 0 Å². The molecule has 5 nitrogen and oxygen atoms in total. The normalized spacial score (nSPS) is 11.5. The smallest absolute Gasteiger partial charge is 0.407 e. The van der Waals surface area contributed by atoms with E-state index in [-0.39, 0.29) is 0 Å². The van der Waals surface area contributed by atoms with E-state index in [9.17, 15) is 4.79 Å². The highest BCUT2D eigenvalue weighted by Crippen LogP contribution is 2.13. The fourth-order valence-corrected chi connectivity index (χ4v) is 1.62. The summed E-state index contributed by atoms with van der Waals surface area (Å²) in [6, 6.07) is 3.78. The summed E-state index contributed by atoms with van der Waals surface area (Å²) in [5.41, 5.74) is 1.48. The summed E-state index contributed by atoms with van der Waals surface area (Å²) < 4.78 is 10.2. The number of nitrogens with zero attached hydrogens (tertiary/aromatic N) is 1. The van der Waals surface area contributed by atoms with Crippen LogP contribution in [0.5, 0.6) is 5.88 Å². The number of ether oxygens (including phenoxy) is 2. The van der Waals surface area contributed by atoms with Crippen molar-refractivity contribution in [3.05, 3.63) is 29.5 Å². The van der Waals surface area contributed by atoms with Gasteiger partial charge in [0.2, 0.25) is 5.88 Å². The molecule has 1 aromatic heterocycles. The summed E-state index contributed by atoms with van der Waals surface area (Å²) in [5.74, 6) is 0.608. The molecule has 0 fully saturated rings. The molecule has 1 aromatic rings. The molecule has 0 aliphatic heterocycles. The lowest BCUT2D eigenvalue weighted by molar-refractivity contribution is 0.0529. The maximum atomic E-state index is 11.4. The molecular formula is C16H24N2O3. The van der Waals surface area contributed by atoms with Crippen molar-refractivity contribution in [1.82, 2.24) is 10.3 Å². The molecule has 1 rings (SSSR count). The number of rotatable bonds is 5. The molecule has 1 N–H and O–H groups in total. The first-order valence-corrected chi connectivity index (χ1v) is 6.97. The predicted octanol–water partition coefficient (Wildman–Crippen LogP) is 3.33. The van der Waals surface area contributed by atoms with Gasteiger partial charge in [0.25, 0.3) is 0 Å². The van der Waals surface area contributed by atoms with Crippen LogP contribution >= 0.6 is 0 Å².